The minimum atomic E-state index is -0.912. The third-order valence-electron chi connectivity index (χ3n) is 7.38. The number of carbonyl (C=O) groups is 2. The van der Waals surface area contributed by atoms with Crippen LogP contribution < -0.4 is 19.9 Å². The number of likely N-dealkylation sites (tertiary alicyclic amines) is 1. The van der Waals surface area contributed by atoms with Gasteiger partial charge in [-0.15, -0.1) is 0 Å². The number of ether oxygens (including phenoxy) is 3. The number of carboxylic acids is 1. The molecule has 3 N–H and O–H groups in total. The molecule has 1 saturated heterocycles. The van der Waals surface area contributed by atoms with Gasteiger partial charge in [-0.2, -0.15) is 0 Å². The third-order valence-corrected chi connectivity index (χ3v) is 7.38. The lowest BCUT2D eigenvalue weighted by atomic mass is 9.83. The van der Waals surface area contributed by atoms with Gasteiger partial charge < -0.3 is 34.4 Å². The molecule has 4 rings (SSSR count). The third kappa shape index (κ3) is 6.21. The molecular weight excluding hydrogens is 492 g/mol. The maximum atomic E-state index is 13.5. The summed E-state index contributed by atoms with van der Waals surface area (Å²) in [7, 11) is 1.54. The van der Waals surface area contributed by atoms with Crippen LogP contribution in [0.2, 0.25) is 0 Å². The van der Waals surface area contributed by atoms with Gasteiger partial charge in [0.1, 0.15) is 6.26 Å². The maximum absolute atomic E-state index is 13.5. The molecule has 38 heavy (non-hydrogen) atoms. The number of unbranched alkanes of at least 4 members (excludes halogenated alkanes) is 1. The number of nitrogens with zero attached hydrogens (tertiary/aromatic N) is 3. The Labute approximate surface area is 222 Å². The van der Waals surface area contributed by atoms with Crippen molar-refractivity contribution >= 4 is 11.9 Å². The fourth-order valence-electron chi connectivity index (χ4n) is 5.47. The summed E-state index contributed by atoms with van der Waals surface area (Å²) >= 11 is 0. The summed E-state index contributed by atoms with van der Waals surface area (Å²) in [5, 5.41) is 10.4. The summed E-state index contributed by atoms with van der Waals surface area (Å²) in [6, 6.07) is 3.25. The van der Waals surface area contributed by atoms with Gasteiger partial charge in [0.25, 0.3) is 0 Å². The van der Waals surface area contributed by atoms with Crippen molar-refractivity contribution in [3.8, 4) is 17.2 Å². The molecule has 208 valence electrons. The van der Waals surface area contributed by atoms with Crippen LogP contribution in [0.1, 0.15) is 50.0 Å². The molecule has 0 saturated carbocycles. The molecular formula is C27H38N4O7. The van der Waals surface area contributed by atoms with Crippen molar-refractivity contribution in [1.29, 1.82) is 0 Å². The first-order valence-electron chi connectivity index (χ1n) is 13.3. The van der Waals surface area contributed by atoms with Gasteiger partial charge in [-0.05, 0) is 43.5 Å². The molecule has 11 heteroatoms. The Bertz CT molecular complexity index is 1070. The Kier molecular flexibility index (Phi) is 9.46. The quantitative estimate of drug-likeness (QED) is 0.374. The van der Waals surface area contributed by atoms with E-state index in [9.17, 15) is 14.7 Å². The van der Waals surface area contributed by atoms with Crippen LogP contribution in [0.25, 0.3) is 0 Å². The van der Waals surface area contributed by atoms with Crippen LogP contribution in [-0.2, 0) is 16.0 Å². The minimum Gasteiger partial charge on any atom is -0.493 e. The number of nitrogens with two attached hydrogens (primary N) is 1. The van der Waals surface area contributed by atoms with Crippen molar-refractivity contribution in [1.82, 2.24) is 14.8 Å². The molecule has 1 aromatic heterocycles. The maximum Gasteiger partial charge on any atom is 0.308 e. The molecule has 11 nitrogen and oxygen atoms in total. The van der Waals surface area contributed by atoms with Gasteiger partial charge in [0, 0.05) is 38.0 Å². The highest BCUT2D eigenvalue weighted by Crippen LogP contribution is 2.47. The van der Waals surface area contributed by atoms with Crippen LogP contribution >= 0.6 is 0 Å². The van der Waals surface area contributed by atoms with Gasteiger partial charge in [-0.3, -0.25) is 14.5 Å². The van der Waals surface area contributed by atoms with Crippen LogP contribution in [-0.4, -0.2) is 84.4 Å². The fourth-order valence-corrected chi connectivity index (χ4v) is 5.47. The number of rotatable bonds is 14. The fraction of sp³-hybridized carbons (Fsp3) is 0.593. The first kappa shape index (κ1) is 27.7. The lowest BCUT2D eigenvalue weighted by molar-refractivity contribution is -0.143. The smallest absolute Gasteiger partial charge is 0.308 e. The van der Waals surface area contributed by atoms with Gasteiger partial charge in [-0.25, -0.2) is 4.98 Å². The molecule has 3 heterocycles. The zero-order valence-electron chi connectivity index (χ0n) is 22.1. The Morgan fingerprint density at radius 1 is 1.26 bits per heavy atom. The topological polar surface area (TPSA) is 141 Å². The number of aromatic nitrogens is 1. The number of methoxy groups -OCH3 is 1. The number of aliphatic carboxylic acids is 1. The van der Waals surface area contributed by atoms with E-state index in [1.165, 1.54) is 6.26 Å². The second-order valence-corrected chi connectivity index (χ2v) is 9.77. The number of carbonyl (C=O) groups excluding carboxylic acids is 1. The van der Waals surface area contributed by atoms with Crippen molar-refractivity contribution in [2.75, 3.05) is 46.6 Å². The van der Waals surface area contributed by atoms with E-state index >= 15 is 0 Å². The van der Waals surface area contributed by atoms with E-state index in [4.69, 9.17) is 24.4 Å². The molecule has 0 aliphatic carbocycles. The Balaban J connectivity index is 1.62. The summed E-state index contributed by atoms with van der Waals surface area (Å²) in [6.45, 7) is 4.47. The zero-order chi connectivity index (χ0) is 27.1. The number of hydrogen-bond acceptors (Lipinski definition) is 9. The summed E-state index contributed by atoms with van der Waals surface area (Å²) in [6.07, 6.45) is 6.64. The van der Waals surface area contributed by atoms with Crippen molar-refractivity contribution in [3.63, 3.8) is 0 Å². The summed E-state index contributed by atoms with van der Waals surface area (Å²) < 4.78 is 22.1. The number of hydrogen-bond donors (Lipinski definition) is 2. The van der Waals surface area contributed by atoms with E-state index in [0.29, 0.717) is 62.2 Å². The van der Waals surface area contributed by atoms with Crippen molar-refractivity contribution < 1.29 is 33.3 Å². The second kappa shape index (κ2) is 13.0. The molecule has 1 fully saturated rings. The highest BCUT2D eigenvalue weighted by molar-refractivity contribution is 5.79. The lowest BCUT2D eigenvalue weighted by Crippen LogP contribution is -2.45. The number of fused-ring (bicyclic) bond motifs is 1. The number of amides is 1. The highest BCUT2D eigenvalue weighted by atomic mass is 16.7. The van der Waals surface area contributed by atoms with E-state index in [1.807, 2.05) is 21.9 Å². The highest BCUT2D eigenvalue weighted by Gasteiger charge is 2.47. The SMILES string of the molecule is CCCCN(CCCN)C(=O)CN1C[C@H](c2cc(OC)c3c(c2)OCO3)[C@@H](C(=O)O)[C@@H]1CCc1ncco1. The molecule has 0 bridgehead atoms. The molecule has 1 aromatic carbocycles. The zero-order valence-corrected chi connectivity index (χ0v) is 22.1. The minimum absolute atomic E-state index is 0.0129. The molecule has 0 spiro atoms. The first-order valence-corrected chi connectivity index (χ1v) is 13.3. The summed E-state index contributed by atoms with van der Waals surface area (Å²) in [4.78, 5) is 34.3. The summed E-state index contributed by atoms with van der Waals surface area (Å²) in [5.41, 5.74) is 6.49. The van der Waals surface area contributed by atoms with E-state index < -0.39 is 17.9 Å². The van der Waals surface area contributed by atoms with Crippen molar-refractivity contribution in [2.45, 2.75) is 51.0 Å². The summed E-state index contributed by atoms with van der Waals surface area (Å²) in [5.74, 6) is 0.0222. The predicted octanol–water partition coefficient (Wildman–Crippen LogP) is 2.49. The van der Waals surface area contributed by atoms with Crippen LogP contribution in [0.3, 0.4) is 0 Å². The second-order valence-electron chi connectivity index (χ2n) is 9.77. The van der Waals surface area contributed by atoms with Gasteiger partial charge in [0.2, 0.25) is 18.4 Å². The lowest BCUT2D eigenvalue weighted by Gasteiger charge is -2.29. The molecule has 0 unspecified atom stereocenters. The number of aryl methyl sites for hydroxylation is 1. The average molecular weight is 531 g/mol. The van der Waals surface area contributed by atoms with Crippen LogP contribution in [0.4, 0.5) is 0 Å². The molecule has 1 amide bonds. The van der Waals surface area contributed by atoms with Gasteiger partial charge in [0.15, 0.2) is 17.4 Å². The molecule has 2 aliphatic rings. The average Bonchev–Trinajstić information content (AvgIpc) is 3.67. The standard InChI is InChI=1S/C27H38N4O7/c1-3-4-10-30(11-5-8-28)24(32)16-31-15-19(18-13-21(35-2)26-22(14-18)37-17-38-26)25(27(33)34)20(31)6-7-23-29-9-12-36-23/h9,12-14,19-20,25H,3-8,10-11,15-17,28H2,1-2H3,(H,33,34)/t19-,20+,25-/m1/s1. The molecule has 3 atom stereocenters. The van der Waals surface area contributed by atoms with Crippen molar-refractivity contribution in [3.05, 3.63) is 36.0 Å². The molecule has 2 aromatic rings. The van der Waals surface area contributed by atoms with Crippen LogP contribution in [0.5, 0.6) is 17.2 Å². The largest absolute Gasteiger partial charge is 0.493 e. The Hall–Kier alpha value is -3.31. The van der Waals surface area contributed by atoms with Gasteiger partial charge in [0.05, 0.1) is 25.8 Å². The molecule has 2 aliphatic heterocycles. The molecule has 0 radical (unpaired) electrons. The monoisotopic (exact) mass is 530 g/mol. The van der Waals surface area contributed by atoms with Crippen LogP contribution in [0, 0.1) is 5.92 Å². The Morgan fingerprint density at radius 2 is 2.08 bits per heavy atom. The number of oxazole rings is 1. The predicted molar refractivity (Wildman–Crippen MR) is 138 cm³/mol. The van der Waals surface area contributed by atoms with E-state index in [-0.39, 0.29) is 25.2 Å². The normalized spacial score (nSPS) is 20.6. The van der Waals surface area contributed by atoms with Gasteiger partial charge in [-0.1, -0.05) is 13.3 Å². The first-order chi connectivity index (χ1) is 18.5. The van der Waals surface area contributed by atoms with E-state index in [1.54, 1.807) is 13.3 Å². The number of carboxylic acid groups (broad SMARTS) is 1. The Morgan fingerprint density at radius 3 is 2.76 bits per heavy atom. The number of benzene rings is 1. The van der Waals surface area contributed by atoms with E-state index in [2.05, 4.69) is 11.9 Å². The van der Waals surface area contributed by atoms with Gasteiger partial charge >= 0.3 is 5.97 Å². The van der Waals surface area contributed by atoms with Crippen LogP contribution in [0.15, 0.2) is 29.0 Å². The van der Waals surface area contributed by atoms with E-state index in [0.717, 1.165) is 24.8 Å². The van der Waals surface area contributed by atoms with Crippen molar-refractivity contribution in [2.24, 2.45) is 11.7 Å².